The number of benzene rings is 1. The molecule has 2 N–H and O–H groups in total. The third-order valence-electron chi connectivity index (χ3n) is 5.19. The number of hydrogen-bond donors (Lipinski definition) is 2. The van der Waals surface area contributed by atoms with Gasteiger partial charge in [-0.25, -0.2) is 4.79 Å². The molecule has 4 rings (SSSR count). The third-order valence-corrected chi connectivity index (χ3v) is 5.19. The van der Waals surface area contributed by atoms with Gasteiger partial charge in [-0.15, -0.1) is 0 Å². The van der Waals surface area contributed by atoms with Crippen molar-refractivity contribution in [2.45, 2.75) is 39.3 Å². The summed E-state index contributed by atoms with van der Waals surface area (Å²) in [4.78, 5) is 37.4. The molecule has 0 radical (unpaired) electrons. The van der Waals surface area contributed by atoms with Crippen LogP contribution in [-0.4, -0.2) is 44.3 Å². The summed E-state index contributed by atoms with van der Waals surface area (Å²) in [6.45, 7) is 4.32. The molecule has 1 amide bonds. The van der Waals surface area contributed by atoms with Crippen LogP contribution < -0.4 is 10.9 Å². The second kappa shape index (κ2) is 7.90. The maximum Gasteiger partial charge on any atom is 0.337 e. The first-order valence-electron chi connectivity index (χ1n) is 10.1. The summed E-state index contributed by atoms with van der Waals surface area (Å²) in [6.07, 6.45) is 3.24. The molecule has 2 aromatic heterocycles. The molecule has 9 nitrogen and oxygen atoms in total. The second-order valence-electron chi connectivity index (χ2n) is 8.12. The number of fused-ring (bicyclic) bond motifs is 1. The van der Waals surface area contributed by atoms with Crippen LogP contribution in [0.3, 0.4) is 0 Å². The molecule has 1 aromatic carbocycles. The van der Waals surface area contributed by atoms with E-state index >= 15 is 0 Å². The molecule has 1 fully saturated rings. The van der Waals surface area contributed by atoms with Crippen LogP contribution in [0.1, 0.15) is 47.4 Å². The molecule has 1 saturated carbocycles. The summed E-state index contributed by atoms with van der Waals surface area (Å²) in [5.74, 6) is -1.30. The number of rotatable bonds is 6. The lowest BCUT2D eigenvalue weighted by atomic mass is 10.1. The van der Waals surface area contributed by atoms with Crippen LogP contribution in [0.5, 0.6) is 5.88 Å². The maximum atomic E-state index is 13.1. The molecule has 1 aliphatic rings. The topological polar surface area (TPSA) is 115 Å². The van der Waals surface area contributed by atoms with E-state index in [-0.39, 0.29) is 23.4 Å². The van der Waals surface area contributed by atoms with Crippen molar-refractivity contribution in [1.29, 1.82) is 0 Å². The Morgan fingerprint density at radius 3 is 2.52 bits per heavy atom. The molecular weight excluding hydrogens is 400 g/mol. The average Bonchev–Trinajstić information content (AvgIpc) is 3.44. The Morgan fingerprint density at radius 1 is 1.26 bits per heavy atom. The van der Waals surface area contributed by atoms with E-state index in [0.29, 0.717) is 28.9 Å². The number of carbonyl (C=O) groups is 2. The first kappa shape index (κ1) is 20.6. The molecular formula is C22H24N4O5. The van der Waals surface area contributed by atoms with Gasteiger partial charge in [-0.3, -0.25) is 14.2 Å². The summed E-state index contributed by atoms with van der Waals surface area (Å²) < 4.78 is 7.42. The molecule has 31 heavy (non-hydrogen) atoms. The SMILES string of the molecule is COC(=O)c1ccc(-c2cnn3c(=O)c(C(=O)NC4CC4)c(O)n(CC(C)C)c23)cc1. The third kappa shape index (κ3) is 3.78. The van der Waals surface area contributed by atoms with Crippen LogP contribution in [0.2, 0.25) is 0 Å². The summed E-state index contributed by atoms with van der Waals surface area (Å²) >= 11 is 0. The average molecular weight is 424 g/mol. The van der Waals surface area contributed by atoms with Crippen molar-refractivity contribution >= 4 is 17.5 Å². The standard InChI is InChI=1S/C22H24N4O5/c1-12(2)11-25-19-16(13-4-6-14(7-5-13)22(30)31-3)10-23-26(19)21(29)17(20(25)28)18(27)24-15-8-9-15/h4-7,10,12,15,28H,8-9,11H2,1-3H3,(H,24,27). The number of aromatic hydroxyl groups is 1. The molecule has 0 bridgehead atoms. The van der Waals surface area contributed by atoms with Crippen LogP contribution >= 0.6 is 0 Å². The quantitative estimate of drug-likeness (QED) is 0.586. The zero-order valence-electron chi connectivity index (χ0n) is 17.6. The summed E-state index contributed by atoms with van der Waals surface area (Å²) in [6, 6.07) is 6.72. The highest BCUT2D eigenvalue weighted by Crippen LogP contribution is 2.29. The summed E-state index contributed by atoms with van der Waals surface area (Å²) in [5, 5.41) is 17.9. The number of aromatic nitrogens is 3. The molecule has 0 aliphatic heterocycles. The number of ether oxygens (including phenoxy) is 1. The van der Waals surface area contributed by atoms with Crippen LogP contribution in [0, 0.1) is 5.92 Å². The van der Waals surface area contributed by atoms with Crippen molar-refractivity contribution in [3.8, 4) is 17.0 Å². The largest absolute Gasteiger partial charge is 0.494 e. The smallest absolute Gasteiger partial charge is 0.337 e. The molecule has 0 atom stereocenters. The molecule has 162 valence electrons. The number of amides is 1. The van der Waals surface area contributed by atoms with Gasteiger partial charge < -0.3 is 15.2 Å². The molecule has 0 spiro atoms. The summed E-state index contributed by atoms with van der Waals surface area (Å²) in [5.41, 5.74) is 1.08. The predicted octanol–water partition coefficient (Wildman–Crippen LogP) is 2.20. The van der Waals surface area contributed by atoms with Crippen LogP contribution in [0.15, 0.2) is 35.3 Å². The highest BCUT2D eigenvalue weighted by atomic mass is 16.5. The minimum absolute atomic E-state index is 0.0436. The van der Waals surface area contributed by atoms with Crippen molar-refractivity contribution in [2.75, 3.05) is 7.11 Å². The fourth-order valence-corrected chi connectivity index (χ4v) is 3.52. The highest BCUT2D eigenvalue weighted by molar-refractivity contribution is 5.97. The summed E-state index contributed by atoms with van der Waals surface area (Å²) in [7, 11) is 1.31. The monoisotopic (exact) mass is 424 g/mol. The number of nitrogens with one attached hydrogen (secondary N) is 1. The molecule has 0 saturated heterocycles. The van der Waals surface area contributed by atoms with Crippen LogP contribution in [-0.2, 0) is 11.3 Å². The van der Waals surface area contributed by atoms with Crippen LogP contribution in [0.25, 0.3) is 16.8 Å². The zero-order valence-corrected chi connectivity index (χ0v) is 17.6. The van der Waals surface area contributed by atoms with Crippen molar-refractivity contribution in [2.24, 2.45) is 5.92 Å². The fourth-order valence-electron chi connectivity index (χ4n) is 3.52. The van der Waals surface area contributed by atoms with Gasteiger partial charge in [0.1, 0.15) is 0 Å². The van der Waals surface area contributed by atoms with E-state index in [9.17, 15) is 19.5 Å². The molecule has 1 aliphatic carbocycles. The Labute approximate surface area is 178 Å². The lowest BCUT2D eigenvalue weighted by Crippen LogP contribution is -2.34. The van der Waals surface area contributed by atoms with E-state index in [1.807, 2.05) is 13.8 Å². The molecule has 9 heteroatoms. The molecule has 2 heterocycles. The van der Waals surface area contributed by atoms with Gasteiger partial charge in [0.15, 0.2) is 11.2 Å². The Kier molecular flexibility index (Phi) is 5.26. The van der Waals surface area contributed by atoms with Gasteiger partial charge in [0, 0.05) is 18.2 Å². The number of nitrogens with zero attached hydrogens (tertiary/aromatic N) is 3. The van der Waals surface area contributed by atoms with Gasteiger partial charge in [0.2, 0.25) is 5.88 Å². The van der Waals surface area contributed by atoms with E-state index in [0.717, 1.165) is 17.4 Å². The Bertz CT molecular complexity index is 1220. The highest BCUT2D eigenvalue weighted by Gasteiger charge is 2.30. The van der Waals surface area contributed by atoms with Gasteiger partial charge >= 0.3 is 5.97 Å². The predicted molar refractivity (Wildman–Crippen MR) is 113 cm³/mol. The Hall–Kier alpha value is -3.62. The second-order valence-corrected chi connectivity index (χ2v) is 8.12. The Balaban J connectivity index is 1.89. The zero-order chi connectivity index (χ0) is 22.3. The van der Waals surface area contributed by atoms with Gasteiger partial charge in [-0.2, -0.15) is 9.61 Å². The normalized spacial score (nSPS) is 13.5. The fraction of sp³-hybridized carbons (Fsp3) is 0.364. The number of carbonyl (C=O) groups excluding carboxylic acids is 2. The van der Waals surface area contributed by atoms with Gasteiger partial charge in [0.05, 0.1) is 18.9 Å². The van der Waals surface area contributed by atoms with Crippen LogP contribution in [0.4, 0.5) is 0 Å². The van der Waals surface area contributed by atoms with Gasteiger partial charge in [0.25, 0.3) is 11.5 Å². The lowest BCUT2D eigenvalue weighted by Gasteiger charge is -2.17. The number of methoxy groups -OCH3 is 1. The van der Waals surface area contributed by atoms with E-state index in [1.54, 1.807) is 28.8 Å². The molecule has 0 unspecified atom stereocenters. The lowest BCUT2D eigenvalue weighted by molar-refractivity contribution is 0.0600. The van der Waals surface area contributed by atoms with Crippen molar-refractivity contribution in [1.82, 2.24) is 19.5 Å². The first-order chi connectivity index (χ1) is 14.8. The van der Waals surface area contributed by atoms with Crippen molar-refractivity contribution < 1.29 is 19.4 Å². The van der Waals surface area contributed by atoms with Gasteiger partial charge in [-0.1, -0.05) is 26.0 Å². The van der Waals surface area contributed by atoms with E-state index in [4.69, 9.17) is 4.74 Å². The van der Waals surface area contributed by atoms with E-state index in [2.05, 4.69) is 10.4 Å². The van der Waals surface area contributed by atoms with E-state index < -0.39 is 17.4 Å². The van der Waals surface area contributed by atoms with Gasteiger partial charge in [-0.05, 0) is 36.5 Å². The van der Waals surface area contributed by atoms with E-state index in [1.165, 1.54) is 13.3 Å². The Morgan fingerprint density at radius 2 is 1.94 bits per heavy atom. The number of hydrogen-bond acceptors (Lipinski definition) is 6. The van der Waals surface area contributed by atoms with Crippen molar-refractivity contribution in [3.05, 3.63) is 51.9 Å². The van der Waals surface area contributed by atoms with Crippen molar-refractivity contribution in [3.63, 3.8) is 0 Å². The number of esters is 1. The minimum atomic E-state index is -0.678. The molecule has 3 aromatic rings. The maximum absolute atomic E-state index is 13.1. The first-order valence-corrected chi connectivity index (χ1v) is 10.1. The minimum Gasteiger partial charge on any atom is -0.494 e.